The molecule has 2 heterocycles. The minimum Gasteiger partial charge on any atom is -0.316 e. The SMILES string of the molecule is CNCc1ccc(Sc2n[nH]c(=O)n2C)nc1. The van der Waals surface area contributed by atoms with Gasteiger partial charge in [-0.15, -0.1) is 5.10 Å². The molecule has 0 bridgehead atoms. The minimum absolute atomic E-state index is 0.223. The first kappa shape index (κ1) is 11.9. The topological polar surface area (TPSA) is 75.6 Å². The van der Waals surface area contributed by atoms with E-state index in [9.17, 15) is 4.79 Å². The maximum atomic E-state index is 11.2. The predicted octanol–water partition coefficient (Wildman–Crippen LogP) is 0.374. The molecule has 0 aliphatic heterocycles. The Kier molecular flexibility index (Phi) is 3.60. The second-order valence-corrected chi connectivity index (χ2v) is 4.49. The van der Waals surface area contributed by atoms with Crippen LogP contribution in [0.2, 0.25) is 0 Å². The summed E-state index contributed by atoms with van der Waals surface area (Å²) in [5.74, 6) is 0. The molecule has 17 heavy (non-hydrogen) atoms. The van der Waals surface area contributed by atoms with Gasteiger partial charge in [0, 0.05) is 19.8 Å². The molecular weight excluding hydrogens is 238 g/mol. The van der Waals surface area contributed by atoms with E-state index in [1.165, 1.54) is 16.3 Å². The highest BCUT2D eigenvalue weighted by atomic mass is 32.2. The zero-order valence-corrected chi connectivity index (χ0v) is 10.4. The van der Waals surface area contributed by atoms with Crippen molar-refractivity contribution in [3.8, 4) is 0 Å². The third-order valence-corrected chi connectivity index (χ3v) is 3.21. The van der Waals surface area contributed by atoms with Gasteiger partial charge in [-0.3, -0.25) is 4.57 Å². The summed E-state index contributed by atoms with van der Waals surface area (Å²) in [5.41, 5.74) is 0.895. The molecule has 0 saturated carbocycles. The summed E-state index contributed by atoms with van der Waals surface area (Å²) in [5, 5.41) is 10.8. The van der Waals surface area contributed by atoms with Gasteiger partial charge in [0.05, 0.1) is 0 Å². The molecule has 2 N–H and O–H groups in total. The number of rotatable bonds is 4. The second kappa shape index (κ2) is 5.15. The van der Waals surface area contributed by atoms with E-state index in [1.54, 1.807) is 7.05 Å². The number of nitrogens with zero attached hydrogens (tertiary/aromatic N) is 3. The van der Waals surface area contributed by atoms with Gasteiger partial charge in [-0.2, -0.15) is 0 Å². The lowest BCUT2D eigenvalue weighted by molar-refractivity contribution is 0.764. The van der Waals surface area contributed by atoms with Gasteiger partial charge in [0.15, 0.2) is 5.16 Å². The first-order valence-corrected chi connectivity index (χ1v) is 5.91. The van der Waals surface area contributed by atoms with E-state index in [1.807, 2.05) is 25.4 Å². The minimum atomic E-state index is -0.223. The molecule has 0 aromatic carbocycles. The smallest absolute Gasteiger partial charge is 0.316 e. The maximum Gasteiger partial charge on any atom is 0.343 e. The molecule has 6 nitrogen and oxygen atoms in total. The second-order valence-electron chi connectivity index (χ2n) is 3.51. The fourth-order valence-corrected chi connectivity index (χ4v) is 2.04. The van der Waals surface area contributed by atoms with E-state index < -0.39 is 0 Å². The van der Waals surface area contributed by atoms with Gasteiger partial charge in [-0.25, -0.2) is 14.9 Å². The monoisotopic (exact) mass is 251 g/mol. The normalized spacial score (nSPS) is 10.7. The molecular formula is C10H13N5OS. The molecule has 0 atom stereocenters. The Balaban J connectivity index is 2.14. The fourth-order valence-electron chi connectivity index (χ4n) is 1.30. The molecule has 2 aromatic rings. The molecule has 0 saturated heterocycles. The van der Waals surface area contributed by atoms with Gasteiger partial charge in [-0.05, 0) is 30.4 Å². The largest absolute Gasteiger partial charge is 0.343 e. The maximum absolute atomic E-state index is 11.2. The van der Waals surface area contributed by atoms with Crippen molar-refractivity contribution in [3.63, 3.8) is 0 Å². The molecule has 2 rings (SSSR count). The van der Waals surface area contributed by atoms with Crippen molar-refractivity contribution < 1.29 is 0 Å². The Morgan fingerprint density at radius 1 is 1.53 bits per heavy atom. The van der Waals surface area contributed by atoms with Crippen molar-refractivity contribution in [1.29, 1.82) is 0 Å². The first-order chi connectivity index (χ1) is 8.20. The number of pyridine rings is 1. The van der Waals surface area contributed by atoms with E-state index in [0.717, 1.165) is 17.1 Å². The van der Waals surface area contributed by atoms with Gasteiger partial charge in [-0.1, -0.05) is 6.07 Å². The summed E-state index contributed by atoms with van der Waals surface area (Å²) in [6, 6.07) is 3.91. The Morgan fingerprint density at radius 2 is 2.35 bits per heavy atom. The van der Waals surface area contributed by atoms with Crippen LogP contribution < -0.4 is 11.0 Å². The van der Waals surface area contributed by atoms with Gasteiger partial charge in [0.2, 0.25) is 0 Å². The quantitative estimate of drug-likeness (QED) is 0.821. The number of hydrogen-bond donors (Lipinski definition) is 2. The van der Waals surface area contributed by atoms with Crippen LogP contribution in [0.15, 0.2) is 33.3 Å². The summed E-state index contributed by atoms with van der Waals surface area (Å²) in [6.45, 7) is 0.791. The highest BCUT2D eigenvalue weighted by Crippen LogP contribution is 2.22. The standard InChI is InChI=1S/C10H13N5OS/c1-11-5-7-3-4-8(12-6-7)17-10-14-13-9(16)15(10)2/h3-4,6,11H,5H2,1-2H3,(H,13,16). The van der Waals surface area contributed by atoms with Crippen molar-refractivity contribution in [2.45, 2.75) is 16.7 Å². The molecule has 0 unspecified atom stereocenters. The van der Waals surface area contributed by atoms with Gasteiger partial charge in [0.1, 0.15) is 5.03 Å². The van der Waals surface area contributed by atoms with Crippen molar-refractivity contribution in [2.24, 2.45) is 7.05 Å². The van der Waals surface area contributed by atoms with Crippen LogP contribution >= 0.6 is 11.8 Å². The lowest BCUT2D eigenvalue weighted by Gasteiger charge is -2.01. The highest BCUT2D eigenvalue weighted by molar-refractivity contribution is 7.99. The van der Waals surface area contributed by atoms with Crippen LogP contribution in [0.3, 0.4) is 0 Å². The third-order valence-electron chi connectivity index (χ3n) is 2.21. The van der Waals surface area contributed by atoms with E-state index in [4.69, 9.17) is 0 Å². The molecule has 0 aliphatic carbocycles. The van der Waals surface area contributed by atoms with E-state index in [0.29, 0.717) is 5.16 Å². The zero-order chi connectivity index (χ0) is 12.3. The number of H-pyrrole nitrogens is 1. The Bertz CT molecular complexity index is 545. The number of aromatic nitrogens is 4. The molecule has 2 aromatic heterocycles. The number of hydrogen-bond acceptors (Lipinski definition) is 5. The number of aromatic amines is 1. The van der Waals surface area contributed by atoms with Crippen molar-refractivity contribution in [3.05, 3.63) is 34.4 Å². The Labute approximate surface area is 102 Å². The molecule has 7 heteroatoms. The van der Waals surface area contributed by atoms with Crippen molar-refractivity contribution in [1.82, 2.24) is 25.1 Å². The average Bonchev–Trinajstić information content (AvgIpc) is 2.64. The Morgan fingerprint density at radius 3 is 2.88 bits per heavy atom. The van der Waals surface area contributed by atoms with E-state index in [2.05, 4.69) is 20.5 Å². The van der Waals surface area contributed by atoms with Crippen LogP contribution in [0.5, 0.6) is 0 Å². The summed E-state index contributed by atoms with van der Waals surface area (Å²) in [7, 11) is 3.56. The van der Waals surface area contributed by atoms with Crippen molar-refractivity contribution >= 4 is 11.8 Å². The van der Waals surface area contributed by atoms with Gasteiger partial charge < -0.3 is 5.32 Å². The van der Waals surface area contributed by atoms with Crippen LogP contribution in [-0.2, 0) is 13.6 Å². The van der Waals surface area contributed by atoms with E-state index in [-0.39, 0.29) is 5.69 Å². The van der Waals surface area contributed by atoms with Crippen LogP contribution in [0, 0.1) is 0 Å². The number of nitrogens with one attached hydrogen (secondary N) is 2. The van der Waals surface area contributed by atoms with Crippen molar-refractivity contribution in [2.75, 3.05) is 7.05 Å². The first-order valence-electron chi connectivity index (χ1n) is 5.09. The highest BCUT2D eigenvalue weighted by Gasteiger charge is 2.06. The van der Waals surface area contributed by atoms with Crippen LogP contribution in [0.4, 0.5) is 0 Å². The van der Waals surface area contributed by atoms with Crippen LogP contribution in [0.25, 0.3) is 0 Å². The van der Waals surface area contributed by atoms with Gasteiger partial charge >= 0.3 is 5.69 Å². The third kappa shape index (κ3) is 2.75. The molecule has 90 valence electrons. The molecule has 0 aliphatic rings. The summed E-state index contributed by atoms with van der Waals surface area (Å²) >= 11 is 1.35. The summed E-state index contributed by atoms with van der Waals surface area (Å²) in [6.07, 6.45) is 1.81. The average molecular weight is 251 g/mol. The van der Waals surface area contributed by atoms with Crippen LogP contribution in [0.1, 0.15) is 5.56 Å². The fraction of sp³-hybridized carbons (Fsp3) is 0.300. The van der Waals surface area contributed by atoms with E-state index >= 15 is 0 Å². The Hall–Kier alpha value is -1.60. The van der Waals surface area contributed by atoms with Gasteiger partial charge in [0.25, 0.3) is 0 Å². The lowest BCUT2D eigenvalue weighted by Crippen LogP contribution is -2.12. The molecule has 0 amide bonds. The zero-order valence-electron chi connectivity index (χ0n) is 9.60. The lowest BCUT2D eigenvalue weighted by atomic mass is 10.3. The summed E-state index contributed by atoms with van der Waals surface area (Å²) < 4.78 is 1.45. The van der Waals surface area contributed by atoms with Crippen LogP contribution in [-0.4, -0.2) is 26.8 Å². The molecule has 0 spiro atoms. The predicted molar refractivity (Wildman–Crippen MR) is 65.0 cm³/mol. The molecule has 0 radical (unpaired) electrons. The molecule has 0 fully saturated rings. The summed E-state index contributed by atoms with van der Waals surface area (Å²) in [4.78, 5) is 15.5.